The van der Waals surface area contributed by atoms with Gasteiger partial charge in [-0.3, -0.25) is 4.79 Å². The zero-order chi connectivity index (χ0) is 22.4. The molecule has 5 heterocycles. The van der Waals surface area contributed by atoms with Crippen molar-refractivity contribution in [3.63, 3.8) is 0 Å². The highest BCUT2D eigenvalue weighted by molar-refractivity contribution is 5.79. The van der Waals surface area contributed by atoms with Crippen molar-refractivity contribution in [3.8, 4) is 0 Å². The maximum atomic E-state index is 13.4. The highest BCUT2D eigenvalue weighted by Gasteiger charge is 2.33. The van der Waals surface area contributed by atoms with Crippen LogP contribution in [-0.4, -0.2) is 66.8 Å². The summed E-state index contributed by atoms with van der Waals surface area (Å²) in [6.07, 6.45) is 5.41. The number of H-pyrrole nitrogens is 1. The van der Waals surface area contributed by atoms with Crippen LogP contribution in [0, 0.1) is 12.8 Å². The first kappa shape index (κ1) is 20.1. The number of likely N-dealkylation sites (tertiary alicyclic amines) is 1. The molecule has 2 aliphatic heterocycles. The molecule has 33 heavy (non-hydrogen) atoms. The molecule has 1 N–H and O–H groups in total. The number of rotatable bonds is 3. The van der Waals surface area contributed by atoms with Crippen molar-refractivity contribution in [3.05, 3.63) is 48.0 Å². The second kappa shape index (κ2) is 8.13. The van der Waals surface area contributed by atoms with Crippen molar-refractivity contribution in [2.75, 3.05) is 31.1 Å². The van der Waals surface area contributed by atoms with Crippen molar-refractivity contribution >= 4 is 28.4 Å². The molecule has 170 valence electrons. The van der Waals surface area contributed by atoms with Crippen LogP contribution in [0.15, 0.2) is 36.7 Å². The molecule has 1 aromatic carbocycles. The van der Waals surface area contributed by atoms with E-state index in [1.54, 1.807) is 10.8 Å². The molecule has 1 unspecified atom stereocenters. The number of nitrogens with one attached hydrogen (secondary N) is 1. The van der Waals surface area contributed by atoms with Gasteiger partial charge in [-0.2, -0.15) is 4.52 Å². The Hall–Kier alpha value is -3.49. The second-order valence-corrected chi connectivity index (χ2v) is 9.35. The van der Waals surface area contributed by atoms with E-state index in [4.69, 9.17) is 4.98 Å². The molecule has 1 atom stereocenters. The van der Waals surface area contributed by atoms with Gasteiger partial charge in [0.15, 0.2) is 5.65 Å². The first-order valence-electron chi connectivity index (χ1n) is 11.8. The summed E-state index contributed by atoms with van der Waals surface area (Å²) in [5.74, 6) is 2.57. The van der Waals surface area contributed by atoms with Crippen molar-refractivity contribution < 1.29 is 4.79 Å². The standard InChI is InChI=1S/C24H28N8O/c1-16-4-5-19-20(13-16)27-23(26-19)18-3-2-10-31(14-18)24(33)17-8-11-30(12-9-17)22-7-6-21-28-25-15-32(21)29-22/h4-7,13,15,17-18H,2-3,8-12,14H2,1H3,(H,26,27). The molecule has 2 fully saturated rings. The van der Waals surface area contributed by atoms with E-state index < -0.39 is 0 Å². The monoisotopic (exact) mass is 444 g/mol. The molecule has 0 radical (unpaired) electrons. The van der Waals surface area contributed by atoms with Crippen LogP contribution in [0.5, 0.6) is 0 Å². The Kier molecular flexibility index (Phi) is 4.96. The third kappa shape index (κ3) is 3.81. The van der Waals surface area contributed by atoms with Crippen LogP contribution in [0.3, 0.4) is 0 Å². The molecule has 3 aromatic heterocycles. The Morgan fingerprint density at radius 2 is 1.97 bits per heavy atom. The van der Waals surface area contributed by atoms with Gasteiger partial charge < -0.3 is 14.8 Å². The number of aromatic nitrogens is 6. The zero-order valence-corrected chi connectivity index (χ0v) is 18.8. The summed E-state index contributed by atoms with van der Waals surface area (Å²) in [5.41, 5.74) is 4.05. The predicted molar refractivity (Wildman–Crippen MR) is 125 cm³/mol. The maximum Gasteiger partial charge on any atom is 0.225 e. The first-order chi connectivity index (χ1) is 16.1. The molecule has 1 amide bonds. The molecule has 2 saturated heterocycles. The minimum absolute atomic E-state index is 0.0805. The number of hydrogen-bond donors (Lipinski definition) is 1. The number of hydrogen-bond acceptors (Lipinski definition) is 6. The Bertz CT molecular complexity index is 1300. The number of aromatic amines is 1. The largest absolute Gasteiger partial charge is 0.355 e. The fraction of sp³-hybridized carbons (Fsp3) is 0.458. The molecule has 0 aliphatic carbocycles. The Labute approximate surface area is 191 Å². The molecule has 0 bridgehead atoms. The number of fused-ring (bicyclic) bond motifs is 2. The zero-order valence-electron chi connectivity index (χ0n) is 18.8. The second-order valence-electron chi connectivity index (χ2n) is 9.35. The summed E-state index contributed by atoms with van der Waals surface area (Å²) in [5, 5.41) is 12.5. The number of nitrogens with zero attached hydrogens (tertiary/aromatic N) is 7. The van der Waals surface area contributed by atoms with Gasteiger partial charge in [-0.1, -0.05) is 6.07 Å². The van der Waals surface area contributed by atoms with Gasteiger partial charge in [0, 0.05) is 38.0 Å². The highest BCUT2D eigenvalue weighted by atomic mass is 16.2. The lowest BCUT2D eigenvalue weighted by Gasteiger charge is -2.37. The van der Waals surface area contributed by atoms with E-state index in [9.17, 15) is 4.79 Å². The summed E-state index contributed by atoms with van der Waals surface area (Å²) < 4.78 is 1.69. The van der Waals surface area contributed by atoms with E-state index in [2.05, 4.69) is 55.2 Å². The summed E-state index contributed by atoms with van der Waals surface area (Å²) in [6.45, 7) is 5.36. The van der Waals surface area contributed by atoms with E-state index in [1.807, 2.05) is 12.1 Å². The number of carbonyl (C=O) groups is 1. The van der Waals surface area contributed by atoms with E-state index in [1.165, 1.54) is 5.56 Å². The minimum atomic E-state index is 0.0805. The lowest BCUT2D eigenvalue weighted by Crippen LogP contribution is -2.46. The van der Waals surface area contributed by atoms with Crippen LogP contribution < -0.4 is 4.90 Å². The molecule has 0 saturated carbocycles. The van der Waals surface area contributed by atoms with Crippen LogP contribution in [-0.2, 0) is 4.79 Å². The number of benzene rings is 1. The fourth-order valence-corrected chi connectivity index (χ4v) is 5.24. The third-order valence-corrected chi connectivity index (χ3v) is 7.09. The van der Waals surface area contributed by atoms with E-state index in [0.717, 1.165) is 80.2 Å². The van der Waals surface area contributed by atoms with Crippen LogP contribution in [0.1, 0.15) is 43.0 Å². The molecule has 9 heteroatoms. The number of carbonyl (C=O) groups excluding carboxylic acids is 1. The van der Waals surface area contributed by atoms with Crippen LogP contribution in [0.2, 0.25) is 0 Å². The lowest BCUT2D eigenvalue weighted by molar-refractivity contribution is -0.137. The van der Waals surface area contributed by atoms with Crippen molar-refractivity contribution in [1.82, 2.24) is 34.7 Å². The number of anilines is 1. The van der Waals surface area contributed by atoms with Gasteiger partial charge in [0.25, 0.3) is 0 Å². The quantitative estimate of drug-likeness (QED) is 0.522. The molecule has 9 nitrogen and oxygen atoms in total. The van der Waals surface area contributed by atoms with Crippen LogP contribution in [0.25, 0.3) is 16.7 Å². The Morgan fingerprint density at radius 3 is 2.85 bits per heavy atom. The van der Waals surface area contributed by atoms with Crippen molar-refractivity contribution in [2.45, 2.75) is 38.5 Å². The van der Waals surface area contributed by atoms with Gasteiger partial charge >= 0.3 is 0 Å². The van der Waals surface area contributed by atoms with E-state index in [0.29, 0.717) is 5.91 Å². The number of piperidine rings is 2. The average molecular weight is 445 g/mol. The van der Waals surface area contributed by atoms with Crippen molar-refractivity contribution in [1.29, 1.82) is 0 Å². The molecule has 0 spiro atoms. The van der Waals surface area contributed by atoms with Crippen LogP contribution >= 0.6 is 0 Å². The topological polar surface area (TPSA) is 95.3 Å². The minimum Gasteiger partial charge on any atom is -0.355 e. The van der Waals surface area contributed by atoms with Gasteiger partial charge in [-0.25, -0.2) is 4.98 Å². The lowest BCUT2D eigenvalue weighted by atomic mass is 9.92. The third-order valence-electron chi connectivity index (χ3n) is 7.09. The molecular formula is C24H28N8O. The van der Waals surface area contributed by atoms with Crippen molar-refractivity contribution in [2.24, 2.45) is 5.92 Å². The molecule has 2 aliphatic rings. The smallest absolute Gasteiger partial charge is 0.225 e. The fourth-order valence-electron chi connectivity index (χ4n) is 5.24. The summed E-state index contributed by atoms with van der Waals surface area (Å²) in [4.78, 5) is 26.0. The number of aryl methyl sites for hydroxylation is 1. The maximum absolute atomic E-state index is 13.4. The van der Waals surface area contributed by atoms with E-state index >= 15 is 0 Å². The predicted octanol–water partition coefficient (Wildman–Crippen LogP) is 2.93. The SMILES string of the molecule is Cc1ccc2nc(C3CCCN(C(=O)C4CCN(c5ccc6nncn6n5)CC4)C3)[nH]c2c1. The normalized spacial score (nSPS) is 20.1. The van der Waals surface area contributed by atoms with Gasteiger partial charge in [-0.05, 0) is 62.4 Å². The first-order valence-corrected chi connectivity index (χ1v) is 11.8. The van der Waals surface area contributed by atoms with Gasteiger partial charge in [0.1, 0.15) is 18.0 Å². The molecule has 4 aromatic rings. The average Bonchev–Trinajstić information content (AvgIpc) is 3.50. The molecular weight excluding hydrogens is 416 g/mol. The molecule has 6 rings (SSSR count). The summed E-state index contributed by atoms with van der Waals surface area (Å²) >= 11 is 0. The van der Waals surface area contributed by atoms with Crippen LogP contribution in [0.4, 0.5) is 5.82 Å². The summed E-state index contributed by atoms with van der Waals surface area (Å²) in [7, 11) is 0. The number of imidazole rings is 1. The number of amides is 1. The Balaban J connectivity index is 1.10. The van der Waals surface area contributed by atoms with Gasteiger partial charge in [0.05, 0.1) is 11.0 Å². The highest BCUT2D eigenvalue weighted by Crippen LogP contribution is 2.30. The van der Waals surface area contributed by atoms with Gasteiger partial charge in [0.2, 0.25) is 5.91 Å². The van der Waals surface area contributed by atoms with Gasteiger partial charge in [-0.15, -0.1) is 15.3 Å². The van der Waals surface area contributed by atoms with E-state index in [-0.39, 0.29) is 11.8 Å². The summed E-state index contributed by atoms with van der Waals surface area (Å²) in [6, 6.07) is 10.2. The Morgan fingerprint density at radius 1 is 1.09 bits per heavy atom.